The Hall–Kier alpha value is -1.91. The third kappa shape index (κ3) is 2.31. The Labute approximate surface area is 87.6 Å². The highest BCUT2D eigenvalue weighted by molar-refractivity contribution is 6.42. The summed E-state index contributed by atoms with van der Waals surface area (Å²) in [6.07, 6.45) is 3.25. The number of hydrogen-bond donors (Lipinski definition) is 2. The number of carbonyl (C=O) groups excluding carboxylic acids is 1. The Balaban J connectivity index is 1.99. The van der Waals surface area contributed by atoms with Gasteiger partial charge in [0.05, 0.1) is 6.54 Å². The van der Waals surface area contributed by atoms with Gasteiger partial charge < -0.3 is 10.6 Å². The molecule has 2 heterocycles. The molecule has 1 unspecified atom stereocenters. The standard InChI is InChI=1S/C10H12N4O/c1-7-6-12-9(13-7)10(15)14-8-2-4-11-5-3-8/h2-5,7H,6H2,1H3,(H,12,13)(H,11,14,15). The van der Waals surface area contributed by atoms with Crippen molar-refractivity contribution in [1.82, 2.24) is 10.3 Å². The molecule has 1 aromatic heterocycles. The quantitative estimate of drug-likeness (QED) is 0.733. The number of carbonyl (C=O) groups is 1. The number of pyridine rings is 1. The van der Waals surface area contributed by atoms with Gasteiger partial charge in [-0.25, -0.2) is 0 Å². The minimum atomic E-state index is -0.203. The first-order valence-electron chi connectivity index (χ1n) is 4.78. The van der Waals surface area contributed by atoms with E-state index in [0.717, 1.165) is 5.69 Å². The predicted octanol–water partition coefficient (Wildman–Crippen LogP) is 0.410. The van der Waals surface area contributed by atoms with Gasteiger partial charge in [-0.3, -0.25) is 14.8 Å². The highest BCUT2D eigenvalue weighted by Gasteiger charge is 2.19. The van der Waals surface area contributed by atoms with Crippen molar-refractivity contribution in [2.24, 2.45) is 4.99 Å². The molecule has 1 aliphatic heterocycles. The third-order valence-corrected chi connectivity index (χ3v) is 2.06. The lowest BCUT2D eigenvalue weighted by Gasteiger charge is -2.06. The highest BCUT2D eigenvalue weighted by Crippen LogP contribution is 2.04. The number of amides is 1. The molecule has 78 valence electrons. The van der Waals surface area contributed by atoms with Gasteiger partial charge in [0.15, 0.2) is 5.84 Å². The van der Waals surface area contributed by atoms with Crippen LogP contribution >= 0.6 is 0 Å². The van der Waals surface area contributed by atoms with E-state index in [1.165, 1.54) is 0 Å². The van der Waals surface area contributed by atoms with Crippen molar-refractivity contribution < 1.29 is 4.79 Å². The largest absolute Gasteiger partial charge is 0.361 e. The number of nitrogens with one attached hydrogen (secondary N) is 2. The minimum Gasteiger partial charge on any atom is -0.361 e. The summed E-state index contributed by atoms with van der Waals surface area (Å²) in [5.74, 6) is 0.199. The first kappa shape index (κ1) is 9.64. The molecular formula is C10H12N4O. The van der Waals surface area contributed by atoms with E-state index < -0.39 is 0 Å². The van der Waals surface area contributed by atoms with Crippen LogP contribution in [0.3, 0.4) is 0 Å². The van der Waals surface area contributed by atoms with Crippen molar-refractivity contribution >= 4 is 17.4 Å². The topological polar surface area (TPSA) is 66.4 Å². The van der Waals surface area contributed by atoms with E-state index in [0.29, 0.717) is 12.4 Å². The van der Waals surface area contributed by atoms with Crippen LogP contribution in [0.1, 0.15) is 6.92 Å². The average Bonchev–Trinajstić information content (AvgIpc) is 2.66. The summed E-state index contributed by atoms with van der Waals surface area (Å²) in [7, 11) is 0. The molecular weight excluding hydrogens is 192 g/mol. The van der Waals surface area contributed by atoms with Crippen molar-refractivity contribution in [2.45, 2.75) is 13.0 Å². The zero-order valence-corrected chi connectivity index (χ0v) is 8.40. The number of amidine groups is 1. The molecule has 0 saturated carbocycles. The molecule has 5 nitrogen and oxygen atoms in total. The summed E-state index contributed by atoms with van der Waals surface area (Å²) in [4.78, 5) is 19.6. The molecule has 0 spiro atoms. The molecule has 0 bridgehead atoms. The molecule has 1 amide bonds. The first-order valence-corrected chi connectivity index (χ1v) is 4.78. The van der Waals surface area contributed by atoms with Gasteiger partial charge in [0, 0.05) is 24.1 Å². The molecule has 0 aromatic carbocycles. The van der Waals surface area contributed by atoms with Gasteiger partial charge in [-0.1, -0.05) is 0 Å². The fourth-order valence-corrected chi connectivity index (χ4v) is 1.32. The van der Waals surface area contributed by atoms with E-state index in [1.807, 2.05) is 6.92 Å². The van der Waals surface area contributed by atoms with Crippen LogP contribution in [0.15, 0.2) is 29.5 Å². The van der Waals surface area contributed by atoms with Gasteiger partial charge in [-0.2, -0.15) is 0 Å². The lowest BCUT2D eigenvalue weighted by molar-refractivity contribution is -0.110. The molecule has 1 aliphatic rings. The van der Waals surface area contributed by atoms with Gasteiger partial charge in [0.25, 0.3) is 5.91 Å². The Kier molecular flexibility index (Phi) is 2.62. The molecule has 0 radical (unpaired) electrons. The molecule has 1 atom stereocenters. The van der Waals surface area contributed by atoms with Gasteiger partial charge in [-0.15, -0.1) is 0 Å². The summed E-state index contributed by atoms with van der Waals surface area (Å²) < 4.78 is 0. The van der Waals surface area contributed by atoms with E-state index in [2.05, 4.69) is 20.6 Å². The lowest BCUT2D eigenvalue weighted by Crippen LogP contribution is -2.36. The number of aliphatic imine (C=N–C) groups is 1. The Morgan fingerprint density at radius 3 is 2.87 bits per heavy atom. The van der Waals surface area contributed by atoms with Crippen molar-refractivity contribution in [3.8, 4) is 0 Å². The smallest absolute Gasteiger partial charge is 0.290 e. The van der Waals surface area contributed by atoms with E-state index in [9.17, 15) is 4.79 Å². The van der Waals surface area contributed by atoms with Gasteiger partial charge in [-0.05, 0) is 19.1 Å². The van der Waals surface area contributed by atoms with Gasteiger partial charge >= 0.3 is 0 Å². The summed E-state index contributed by atoms with van der Waals surface area (Å²) >= 11 is 0. The van der Waals surface area contributed by atoms with E-state index in [-0.39, 0.29) is 11.9 Å². The third-order valence-electron chi connectivity index (χ3n) is 2.06. The fourth-order valence-electron chi connectivity index (χ4n) is 1.32. The Morgan fingerprint density at radius 2 is 2.27 bits per heavy atom. The number of nitrogens with zero attached hydrogens (tertiary/aromatic N) is 2. The van der Waals surface area contributed by atoms with Crippen LogP contribution in [0.5, 0.6) is 0 Å². The van der Waals surface area contributed by atoms with Crippen LogP contribution in [0.25, 0.3) is 0 Å². The maximum absolute atomic E-state index is 11.6. The second kappa shape index (κ2) is 4.08. The second-order valence-corrected chi connectivity index (χ2v) is 3.42. The lowest BCUT2D eigenvalue weighted by atomic mass is 10.3. The summed E-state index contributed by atoms with van der Waals surface area (Å²) in [5, 5.41) is 5.73. The number of anilines is 1. The van der Waals surface area contributed by atoms with Crippen molar-refractivity contribution in [1.29, 1.82) is 0 Å². The zero-order chi connectivity index (χ0) is 10.7. The molecule has 2 N–H and O–H groups in total. The van der Waals surface area contributed by atoms with E-state index >= 15 is 0 Å². The van der Waals surface area contributed by atoms with Crippen LogP contribution < -0.4 is 10.6 Å². The molecule has 5 heteroatoms. The van der Waals surface area contributed by atoms with Crippen LogP contribution in [0.4, 0.5) is 5.69 Å². The predicted molar refractivity (Wildman–Crippen MR) is 57.8 cm³/mol. The Bertz CT molecular complexity index is 388. The summed E-state index contributed by atoms with van der Waals surface area (Å²) in [6, 6.07) is 3.71. The monoisotopic (exact) mass is 204 g/mol. The normalized spacial score (nSPS) is 19.3. The van der Waals surface area contributed by atoms with Crippen molar-refractivity contribution in [3.05, 3.63) is 24.5 Å². The molecule has 0 aliphatic carbocycles. The van der Waals surface area contributed by atoms with Gasteiger partial charge in [0.1, 0.15) is 0 Å². The van der Waals surface area contributed by atoms with Crippen molar-refractivity contribution in [3.63, 3.8) is 0 Å². The van der Waals surface area contributed by atoms with Crippen LogP contribution in [-0.4, -0.2) is 29.3 Å². The molecule has 1 aromatic rings. The van der Waals surface area contributed by atoms with Crippen molar-refractivity contribution in [2.75, 3.05) is 11.9 Å². The second-order valence-electron chi connectivity index (χ2n) is 3.42. The molecule has 2 rings (SSSR count). The van der Waals surface area contributed by atoms with Crippen LogP contribution in [-0.2, 0) is 4.79 Å². The maximum atomic E-state index is 11.6. The molecule has 0 saturated heterocycles. The fraction of sp³-hybridized carbons (Fsp3) is 0.300. The number of aromatic nitrogens is 1. The summed E-state index contributed by atoms with van der Waals surface area (Å²) in [6.45, 7) is 2.63. The molecule has 15 heavy (non-hydrogen) atoms. The van der Waals surface area contributed by atoms with Gasteiger partial charge in [0.2, 0.25) is 0 Å². The Morgan fingerprint density at radius 1 is 1.53 bits per heavy atom. The van der Waals surface area contributed by atoms with Crippen LogP contribution in [0, 0.1) is 0 Å². The first-order chi connectivity index (χ1) is 7.25. The maximum Gasteiger partial charge on any atom is 0.290 e. The molecule has 0 fully saturated rings. The van der Waals surface area contributed by atoms with E-state index in [4.69, 9.17) is 0 Å². The zero-order valence-electron chi connectivity index (χ0n) is 8.40. The SMILES string of the molecule is CC1CN=C(C(=O)Nc2ccncc2)N1. The number of rotatable bonds is 2. The number of hydrogen-bond acceptors (Lipinski definition) is 4. The summed E-state index contributed by atoms with van der Waals surface area (Å²) in [5.41, 5.74) is 0.721. The van der Waals surface area contributed by atoms with Crippen LogP contribution in [0.2, 0.25) is 0 Å². The highest BCUT2D eigenvalue weighted by atomic mass is 16.2. The van der Waals surface area contributed by atoms with E-state index in [1.54, 1.807) is 24.5 Å². The minimum absolute atomic E-state index is 0.203. The average molecular weight is 204 g/mol.